The molecule has 0 bridgehead atoms. The summed E-state index contributed by atoms with van der Waals surface area (Å²) >= 11 is 6.64. The van der Waals surface area contributed by atoms with Crippen molar-refractivity contribution in [2.75, 3.05) is 12.3 Å². The highest BCUT2D eigenvalue weighted by atomic mass is 35.5. The molecule has 39 heavy (non-hydrogen) atoms. The largest absolute Gasteiger partial charge is 0.336 e. The number of hydrogen-bond donors (Lipinski definition) is 0. The van der Waals surface area contributed by atoms with Crippen LogP contribution in [0, 0.1) is 11.8 Å². The number of rotatable bonds is 8. The second-order valence-corrected chi connectivity index (χ2v) is 14.0. The van der Waals surface area contributed by atoms with Crippen molar-refractivity contribution >= 4 is 38.2 Å². The standard InChI is InChI=1S/C32H39ClN2O3S/c1-23-12-13-24(21-26-14-15-26)7-2-3-19-35(23)32(36)28-17-16-25(22-29(28)33)8-6-20-39(37,38)30-11-4-9-27-10-5-18-34-31(27)30/h4-5,9-11,16-18,22-24,26H,2-3,6-8,12-15,19-21H2,1H3. The van der Waals surface area contributed by atoms with Gasteiger partial charge in [0, 0.05) is 24.2 Å². The first-order chi connectivity index (χ1) is 18.8. The summed E-state index contributed by atoms with van der Waals surface area (Å²) in [7, 11) is -3.48. The number of nitrogens with zero attached hydrogens (tertiary/aromatic N) is 2. The number of aryl methyl sites for hydroxylation is 1. The number of para-hydroxylation sites is 1. The predicted molar refractivity (Wildman–Crippen MR) is 158 cm³/mol. The number of benzene rings is 2. The molecule has 7 heteroatoms. The molecule has 5 nitrogen and oxygen atoms in total. The Morgan fingerprint density at radius 1 is 1.00 bits per heavy atom. The molecule has 0 radical (unpaired) electrons. The third kappa shape index (κ3) is 7.01. The van der Waals surface area contributed by atoms with Crippen molar-refractivity contribution in [1.82, 2.24) is 9.88 Å². The Morgan fingerprint density at radius 2 is 1.77 bits per heavy atom. The zero-order valence-corrected chi connectivity index (χ0v) is 24.4. The van der Waals surface area contributed by atoms with E-state index in [1.807, 2.05) is 35.2 Å². The van der Waals surface area contributed by atoms with Gasteiger partial charge in [0.15, 0.2) is 9.84 Å². The first-order valence-corrected chi connectivity index (χ1v) is 16.5. The van der Waals surface area contributed by atoms with Crippen LogP contribution in [0.25, 0.3) is 10.9 Å². The number of aromatic nitrogens is 1. The Hall–Kier alpha value is -2.44. The van der Waals surface area contributed by atoms with Gasteiger partial charge in [-0.25, -0.2) is 8.42 Å². The summed E-state index contributed by atoms with van der Waals surface area (Å²) in [6.07, 6.45) is 12.6. The lowest BCUT2D eigenvalue weighted by Gasteiger charge is -2.29. The molecule has 3 aromatic rings. The first-order valence-electron chi connectivity index (χ1n) is 14.5. The van der Waals surface area contributed by atoms with Crippen LogP contribution < -0.4 is 0 Å². The molecule has 1 aliphatic carbocycles. The highest BCUT2D eigenvalue weighted by Crippen LogP contribution is 2.39. The Balaban J connectivity index is 1.20. The molecule has 1 aliphatic heterocycles. The fourth-order valence-corrected chi connectivity index (χ4v) is 7.80. The van der Waals surface area contributed by atoms with Gasteiger partial charge < -0.3 is 4.90 Å². The fourth-order valence-electron chi connectivity index (χ4n) is 6.02. The van der Waals surface area contributed by atoms with Crippen molar-refractivity contribution in [2.45, 2.75) is 82.1 Å². The molecular formula is C32H39ClN2O3S. The van der Waals surface area contributed by atoms with Crippen LogP contribution in [0.5, 0.6) is 0 Å². The van der Waals surface area contributed by atoms with E-state index in [1.165, 1.54) is 38.5 Å². The van der Waals surface area contributed by atoms with Crippen LogP contribution in [-0.4, -0.2) is 42.5 Å². The van der Waals surface area contributed by atoms with E-state index in [0.717, 1.165) is 42.2 Å². The maximum atomic E-state index is 13.6. The molecule has 2 fully saturated rings. The summed E-state index contributed by atoms with van der Waals surface area (Å²) in [5.41, 5.74) is 1.98. The molecule has 0 N–H and O–H groups in total. The molecule has 5 rings (SSSR count). The van der Waals surface area contributed by atoms with Crippen molar-refractivity contribution < 1.29 is 13.2 Å². The Labute approximate surface area is 237 Å². The van der Waals surface area contributed by atoms with E-state index in [9.17, 15) is 13.2 Å². The van der Waals surface area contributed by atoms with E-state index in [-0.39, 0.29) is 22.6 Å². The summed E-state index contributed by atoms with van der Waals surface area (Å²) in [6.45, 7) is 2.95. The van der Waals surface area contributed by atoms with Crippen molar-refractivity contribution in [3.05, 3.63) is 70.9 Å². The number of fused-ring (bicyclic) bond motifs is 1. The molecule has 1 saturated carbocycles. The minimum Gasteiger partial charge on any atom is -0.336 e. The number of pyridine rings is 1. The van der Waals surface area contributed by atoms with E-state index in [1.54, 1.807) is 24.4 Å². The van der Waals surface area contributed by atoms with Gasteiger partial charge in [-0.3, -0.25) is 9.78 Å². The van der Waals surface area contributed by atoms with Crippen LogP contribution in [0.2, 0.25) is 5.02 Å². The first kappa shape index (κ1) is 28.1. The quantitative estimate of drug-likeness (QED) is 0.283. The average Bonchev–Trinajstić information content (AvgIpc) is 3.73. The summed E-state index contributed by atoms with van der Waals surface area (Å²) in [5, 5.41) is 1.26. The van der Waals surface area contributed by atoms with Gasteiger partial charge >= 0.3 is 0 Å². The van der Waals surface area contributed by atoms with Crippen LogP contribution >= 0.6 is 11.6 Å². The monoisotopic (exact) mass is 566 g/mol. The van der Waals surface area contributed by atoms with Crippen LogP contribution in [0.15, 0.2) is 59.6 Å². The smallest absolute Gasteiger partial charge is 0.255 e. The highest BCUT2D eigenvalue weighted by Gasteiger charge is 2.29. The molecule has 208 valence electrons. The van der Waals surface area contributed by atoms with Crippen molar-refractivity contribution in [3.63, 3.8) is 0 Å². The average molecular weight is 567 g/mol. The van der Waals surface area contributed by atoms with Gasteiger partial charge in [-0.2, -0.15) is 0 Å². The Bertz CT molecular complexity index is 1410. The third-order valence-electron chi connectivity index (χ3n) is 8.48. The summed E-state index contributed by atoms with van der Waals surface area (Å²) in [6, 6.07) is 14.7. The maximum absolute atomic E-state index is 13.6. The molecule has 2 aliphatic rings. The fraction of sp³-hybridized carbons (Fsp3) is 0.500. The van der Waals surface area contributed by atoms with Crippen molar-refractivity contribution in [3.8, 4) is 0 Å². The van der Waals surface area contributed by atoms with Crippen molar-refractivity contribution in [2.24, 2.45) is 11.8 Å². The number of carbonyl (C=O) groups is 1. The van der Waals surface area contributed by atoms with Crippen LogP contribution in [0.1, 0.15) is 80.6 Å². The molecule has 2 heterocycles. The zero-order valence-electron chi connectivity index (χ0n) is 22.8. The molecule has 1 aromatic heterocycles. The van der Waals surface area contributed by atoms with Crippen molar-refractivity contribution in [1.29, 1.82) is 0 Å². The lowest BCUT2D eigenvalue weighted by atomic mass is 9.91. The minimum absolute atomic E-state index is 0.00530. The molecule has 1 amide bonds. The zero-order chi connectivity index (χ0) is 27.4. The minimum atomic E-state index is -3.48. The Morgan fingerprint density at radius 3 is 2.56 bits per heavy atom. The lowest BCUT2D eigenvalue weighted by molar-refractivity contribution is 0.0681. The maximum Gasteiger partial charge on any atom is 0.255 e. The summed E-state index contributed by atoms with van der Waals surface area (Å²) in [5.74, 6) is 1.79. The summed E-state index contributed by atoms with van der Waals surface area (Å²) in [4.78, 5) is 20.1. The van der Waals surface area contributed by atoms with E-state index >= 15 is 0 Å². The van der Waals surface area contributed by atoms with Gasteiger partial charge in [0.2, 0.25) is 0 Å². The van der Waals surface area contributed by atoms with E-state index < -0.39 is 9.84 Å². The number of hydrogen-bond acceptors (Lipinski definition) is 4. The third-order valence-corrected chi connectivity index (χ3v) is 10.6. The van der Waals surface area contributed by atoms with Gasteiger partial charge in [-0.15, -0.1) is 0 Å². The van der Waals surface area contributed by atoms with E-state index in [4.69, 9.17) is 11.6 Å². The SMILES string of the molecule is CC1CCC(CC2CC2)CCCCN1C(=O)c1ccc(CCCS(=O)(=O)c2cccc3cccnc23)cc1Cl. The summed E-state index contributed by atoms with van der Waals surface area (Å²) < 4.78 is 26.2. The topological polar surface area (TPSA) is 67.3 Å². The van der Waals surface area contributed by atoms with Crippen LogP contribution in [-0.2, 0) is 16.3 Å². The second kappa shape index (κ2) is 12.4. The Kier molecular flexibility index (Phi) is 8.92. The highest BCUT2D eigenvalue weighted by molar-refractivity contribution is 7.91. The molecule has 0 spiro atoms. The van der Waals surface area contributed by atoms with Gasteiger partial charge in [-0.05, 0) is 87.1 Å². The lowest BCUT2D eigenvalue weighted by Crippen LogP contribution is -2.39. The molecule has 2 aromatic carbocycles. The number of sulfone groups is 1. The molecular weight excluding hydrogens is 528 g/mol. The number of carbonyl (C=O) groups excluding carboxylic acids is 1. The molecule has 2 unspecified atom stereocenters. The molecule has 2 atom stereocenters. The van der Waals surface area contributed by atoms with Crippen LogP contribution in [0.4, 0.5) is 0 Å². The molecule has 1 saturated heterocycles. The normalized spacial score (nSPS) is 20.8. The second-order valence-electron chi connectivity index (χ2n) is 11.5. The number of amides is 1. The van der Waals surface area contributed by atoms with Crippen LogP contribution in [0.3, 0.4) is 0 Å². The van der Waals surface area contributed by atoms with Gasteiger partial charge in [0.1, 0.15) is 0 Å². The van der Waals surface area contributed by atoms with Gasteiger partial charge in [-0.1, -0.05) is 61.5 Å². The van der Waals surface area contributed by atoms with E-state index in [2.05, 4.69) is 11.9 Å². The van der Waals surface area contributed by atoms with E-state index in [0.29, 0.717) is 28.9 Å². The van der Waals surface area contributed by atoms with Gasteiger partial charge in [0.25, 0.3) is 5.91 Å². The van der Waals surface area contributed by atoms with Gasteiger partial charge in [0.05, 0.1) is 26.8 Å². The predicted octanol–water partition coefficient (Wildman–Crippen LogP) is 7.51. The number of halogens is 1.